The van der Waals surface area contributed by atoms with Crippen LogP contribution in [-0.2, 0) is 17.5 Å². The molecule has 1 aromatic rings. The van der Waals surface area contributed by atoms with Crippen LogP contribution in [0.4, 0.5) is 31.1 Å². The number of piperidine rings is 1. The van der Waals surface area contributed by atoms with Gasteiger partial charge in [0.05, 0.1) is 5.56 Å². The molecule has 1 aromatic carbocycles. The normalized spacial score (nSPS) is 21.0. The summed E-state index contributed by atoms with van der Waals surface area (Å²) in [7, 11) is 0. The Labute approximate surface area is 164 Å². The summed E-state index contributed by atoms with van der Waals surface area (Å²) in [6, 6.07) is 5.07. The molecule has 29 heavy (non-hydrogen) atoms. The quantitative estimate of drug-likeness (QED) is 0.660. The third-order valence-electron chi connectivity index (χ3n) is 5.63. The lowest BCUT2D eigenvalue weighted by atomic mass is 9.72. The highest BCUT2D eigenvalue weighted by Gasteiger charge is 2.46. The van der Waals surface area contributed by atoms with Gasteiger partial charge >= 0.3 is 18.4 Å². The second-order valence-corrected chi connectivity index (χ2v) is 7.89. The molecule has 3 rings (SSSR count). The Hall–Kier alpha value is -1.97. The molecule has 0 aliphatic carbocycles. The molecule has 0 saturated carbocycles. The van der Waals surface area contributed by atoms with Crippen LogP contribution >= 0.6 is 0 Å². The first-order valence-corrected chi connectivity index (χ1v) is 9.29. The van der Waals surface area contributed by atoms with Crippen LogP contribution in [0.5, 0.6) is 0 Å². The van der Waals surface area contributed by atoms with E-state index < -0.39 is 30.1 Å². The molecule has 0 bridgehead atoms. The van der Waals surface area contributed by atoms with Gasteiger partial charge in [0.15, 0.2) is 6.10 Å². The average Bonchev–Trinajstić information content (AvgIpc) is 2.59. The topological polar surface area (TPSA) is 32.8 Å². The second kappa shape index (κ2) is 7.70. The molecule has 2 fully saturated rings. The van der Waals surface area contributed by atoms with E-state index in [0.29, 0.717) is 32.5 Å². The summed E-state index contributed by atoms with van der Waals surface area (Å²) in [5, 5.41) is 0. The van der Waals surface area contributed by atoms with Gasteiger partial charge in [0, 0.05) is 32.7 Å². The smallest absolute Gasteiger partial charge is 0.425 e. The fourth-order valence-corrected chi connectivity index (χ4v) is 3.84. The maximum Gasteiger partial charge on any atom is 0.425 e. The van der Waals surface area contributed by atoms with Crippen molar-refractivity contribution in [3.8, 4) is 0 Å². The molecule has 0 aromatic heterocycles. The summed E-state index contributed by atoms with van der Waals surface area (Å²) in [4.78, 5) is 15.3. The van der Waals surface area contributed by atoms with E-state index in [1.807, 2.05) is 0 Å². The van der Waals surface area contributed by atoms with Gasteiger partial charge < -0.3 is 9.64 Å². The van der Waals surface area contributed by atoms with Gasteiger partial charge in [-0.3, -0.25) is 4.90 Å². The van der Waals surface area contributed by atoms with Crippen molar-refractivity contribution in [3.63, 3.8) is 0 Å². The molecule has 162 valence electrons. The van der Waals surface area contributed by atoms with Crippen LogP contribution in [0.2, 0.25) is 0 Å². The lowest BCUT2D eigenvalue weighted by molar-refractivity contribution is -0.200. The molecule has 2 heterocycles. The molecule has 2 aliphatic heterocycles. The summed E-state index contributed by atoms with van der Waals surface area (Å²) in [6.45, 7) is 3.49. The van der Waals surface area contributed by atoms with Crippen LogP contribution < -0.4 is 0 Å². The Kier molecular flexibility index (Phi) is 5.77. The van der Waals surface area contributed by atoms with Crippen LogP contribution in [0.15, 0.2) is 24.3 Å². The Morgan fingerprint density at radius 1 is 1.07 bits per heavy atom. The standard InChI is InChI=1S/C19H22F6N2O2/c1-13(18(20,21)22)29-16(28)27-8-6-17(7-9-27)11-26(12-17)10-14-2-4-15(5-3-14)19(23,24)25/h2-5,13H,6-12H2,1H3. The van der Waals surface area contributed by atoms with Crippen LogP contribution in [0.25, 0.3) is 0 Å². The molecule has 1 unspecified atom stereocenters. The van der Waals surface area contributed by atoms with E-state index in [-0.39, 0.29) is 5.41 Å². The summed E-state index contributed by atoms with van der Waals surface area (Å²) < 4.78 is 79.8. The predicted octanol–water partition coefficient (Wildman–Crippen LogP) is 4.69. The molecular formula is C19H22F6N2O2. The number of benzene rings is 1. The van der Waals surface area contributed by atoms with Gasteiger partial charge in [-0.1, -0.05) is 12.1 Å². The zero-order chi connectivity index (χ0) is 21.4. The lowest BCUT2D eigenvalue weighted by Crippen LogP contribution is -2.60. The lowest BCUT2D eigenvalue weighted by Gasteiger charge is -2.54. The van der Waals surface area contributed by atoms with Crippen LogP contribution in [0, 0.1) is 5.41 Å². The van der Waals surface area contributed by atoms with Crippen molar-refractivity contribution in [2.24, 2.45) is 5.41 Å². The number of carbonyl (C=O) groups is 1. The minimum absolute atomic E-state index is 0.00165. The molecule has 4 nitrogen and oxygen atoms in total. The van der Waals surface area contributed by atoms with Gasteiger partial charge in [0.2, 0.25) is 0 Å². The highest BCUT2D eigenvalue weighted by molar-refractivity contribution is 5.68. The first-order valence-electron chi connectivity index (χ1n) is 9.29. The van der Waals surface area contributed by atoms with E-state index in [0.717, 1.165) is 37.7 Å². The van der Waals surface area contributed by atoms with Crippen molar-refractivity contribution in [2.45, 2.75) is 44.8 Å². The van der Waals surface area contributed by atoms with Gasteiger partial charge in [0.1, 0.15) is 0 Å². The monoisotopic (exact) mass is 424 g/mol. The van der Waals surface area contributed by atoms with E-state index in [9.17, 15) is 31.1 Å². The first kappa shape index (κ1) is 21.7. The molecule has 2 aliphatic rings. The number of alkyl halides is 6. The van der Waals surface area contributed by atoms with Crippen molar-refractivity contribution in [3.05, 3.63) is 35.4 Å². The van der Waals surface area contributed by atoms with E-state index >= 15 is 0 Å². The van der Waals surface area contributed by atoms with Crippen LogP contribution in [0.1, 0.15) is 30.9 Å². The molecular weight excluding hydrogens is 402 g/mol. The average molecular weight is 424 g/mol. The number of ether oxygens (including phenoxy) is 1. The molecule has 10 heteroatoms. The summed E-state index contributed by atoms with van der Waals surface area (Å²) >= 11 is 0. The Morgan fingerprint density at radius 2 is 1.62 bits per heavy atom. The third kappa shape index (κ3) is 5.15. The van der Waals surface area contributed by atoms with Gasteiger partial charge in [-0.15, -0.1) is 0 Å². The highest BCUT2D eigenvalue weighted by Crippen LogP contribution is 2.41. The van der Waals surface area contributed by atoms with Gasteiger partial charge in [-0.05, 0) is 42.9 Å². The van der Waals surface area contributed by atoms with Gasteiger partial charge in [0.25, 0.3) is 0 Å². The number of halogens is 6. The number of hydrogen-bond donors (Lipinski definition) is 0. The maximum atomic E-state index is 12.6. The highest BCUT2D eigenvalue weighted by atomic mass is 19.4. The third-order valence-corrected chi connectivity index (χ3v) is 5.63. The summed E-state index contributed by atoms with van der Waals surface area (Å²) in [5.74, 6) is 0. The largest absolute Gasteiger partial charge is 0.437 e. The van der Waals surface area contributed by atoms with E-state index in [1.165, 1.54) is 17.0 Å². The number of nitrogens with zero attached hydrogens (tertiary/aromatic N) is 2. The molecule has 1 spiro atoms. The van der Waals surface area contributed by atoms with Crippen molar-refractivity contribution in [2.75, 3.05) is 26.2 Å². The molecule has 1 amide bonds. The number of hydrogen-bond acceptors (Lipinski definition) is 3. The summed E-state index contributed by atoms with van der Waals surface area (Å²) in [5.41, 5.74) is 0.105. The van der Waals surface area contributed by atoms with Crippen molar-refractivity contribution in [1.82, 2.24) is 9.80 Å². The first-order chi connectivity index (χ1) is 13.4. The molecule has 1 atom stereocenters. The minimum atomic E-state index is -4.58. The molecule has 0 N–H and O–H groups in total. The zero-order valence-corrected chi connectivity index (χ0v) is 15.8. The summed E-state index contributed by atoms with van der Waals surface area (Å²) in [6.07, 6.45) is -10.7. The van der Waals surface area contributed by atoms with E-state index in [1.54, 1.807) is 0 Å². The SMILES string of the molecule is CC(OC(=O)N1CCC2(CC1)CN(Cc1ccc(C(F)(F)F)cc1)C2)C(F)(F)F. The van der Waals surface area contributed by atoms with Gasteiger partial charge in [-0.2, -0.15) is 26.3 Å². The Bertz CT molecular complexity index is 716. The number of carbonyl (C=O) groups excluding carboxylic acids is 1. The van der Waals surface area contributed by atoms with E-state index in [4.69, 9.17) is 0 Å². The van der Waals surface area contributed by atoms with E-state index in [2.05, 4.69) is 9.64 Å². The van der Waals surface area contributed by atoms with Crippen molar-refractivity contribution < 1.29 is 35.9 Å². The zero-order valence-electron chi connectivity index (χ0n) is 15.8. The minimum Gasteiger partial charge on any atom is -0.437 e. The number of rotatable bonds is 3. The second-order valence-electron chi connectivity index (χ2n) is 7.89. The predicted molar refractivity (Wildman–Crippen MR) is 92.0 cm³/mol. The molecule has 2 saturated heterocycles. The molecule has 0 radical (unpaired) electrons. The fourth-order valence-electron chi connectivity index (χ4n) is 3.84. The number of likely N-dealkylation sites (tertiary alicyclic amines) is 2. The van der Waals surface area contributed by atoms with Crippen LogP contribution in [0.3, 0.4) is 0 Å². The van der Waals surface area contributed by atoms with Crippen molar-refractivity contribution in [1.29, 1.82) is 0 Å². The Balaban J connectivity index is 1.44. The Morgan fingerprint density at radius 3 is 2.10 bits per heavy atom. The fraction of sp³-hybridized carbons (Fsp3) is 0.632. The number of amides is 1. The van der Waals surface area contributed by atoms with Crippen LogP contribution in [-0.4, -0.2) is 54.4 Å². The maximum absolute atomic E-state index is 12.6. The van der Waals surface area contributed by atoms with Crippen molar-refractivity contribution >= 4 is 6.09 Å². The van der Waals surface area contributed by atoms with Gasteiger partial charge in [-0.25, -0.2) is 4.79 Å².